The lowest BCUT2D eigenvalue weighted by Crippen LogP contribution is -1.98. The van der Waals surface area contributed by atoms with Crippen molar-refractivity contribution in [1.29, 1.82) is 0 Å². The van der Waals surface area contributed by atoms with Crippen LogP contribution >= 0.6 is 0 Å². The van der Waals surface area contributed by atoms with Gasteiger partial charge in [0.05, 0.1) is 13.2 Å². The van der Waals surface area contributed by atoms with E-state index < -0.39 is 0 Å². The van der Waals surface area contributed by atoms with Gasteiger partial charge in [0.25, 0.3) is 0 Å². The van der Waals surface area contributed by atoms with Gasteiger partial charge < -0.3 is 9.47 Å². The van der Waals surface area contributed by atoms with E-state index >= 15 is 0 Å². The molecule has 2 aromatic carbocycles. The van der Waals surface area contributed by atoms with Crippen LogP contribution in [0.3, 0.4) is 0 Å². The van der Waals surface area contributed by atoms with Crippen molar-refractivity contribution >= 4 is 12.2 Å². The fraction of sp³-hybridized carbons (Fsp3) is 0.529. The third kappa shape index (κ3) is 15.8. The number of rotatable bonds is 18. The zero-order chi connectivity index (χ0) is 26.1. The zero-order valence-corrected chi connectivity index (χ0v) is 23.6. The van der Waals surface area contributed by atoms with Gasteiger partial charge in [-0.1, -0.05) is 125 Å². The van der Waals surface area contributed by atoms with Gasteiger partial charge in [-0.05, 0) is 61.8 Å². The lowest BCUT2D eigenvalue weighted by molar-refractivity contribution is 0.107. The van der Waals surface area contributed by atoms with Crippen LogP contribution in [0.4, 0.5) is 0 Å². The Balaban J connectivity index is 0.00000118. The Hall–Kier alpha value is -2.16. The minimum atomic E-state index is 0.644. The SMILES string of the molecule is CCCCCC/C=C/c1ccccc1COCc1ccccc1/C=C/CCCCCC.CCOCC. The second kappa shape index (κ2) is 23.3. The Kier molecular flexibility index (Phi) is 20.6. The first-order chi connectivity index (χ1) is 17.8. The first-order valence-electron chi connectivity index (χ1n) is 14.4. The highest BCUT2D eigenvalue weighted by molar-refractivity contribution is 5.54. The molecule has 2 aromatic rings. The number of unbranched alkanes of at least 4 members (excludes halogenated alkanes) is 8. The molecule has 0 aliphatic carbocycles. The maximum absolute atomic E-state index is 6.14. The molecular weight excluding hydrogens is 440 g/mol. The van der Waals surface area contributed by atoms with Crippen LogP contribution in [0, 0.1) is 0 Å². The van der Waals surface area contributed by atoms with E-state index in [9.17, 15) is 0 Å². The first-order valence-corrected chi connectivity index (χ1v) is 14.4. The second-order valence-corrected chi connectivity index (χ2v) is 9.18. The first kappa shape index (κ1) is 31.9. The Morgan fingerprint density at radius 1 is 0.528 bits per heavy atom. The van der Waals surface area contributed by atoms with E-state index in [2.05, 4.69) is 86.7 Å². The van der Waals surface area contributed by atoms with E-state index in [0.717, 1.165) is 26.1 Å². The van der Waals surface area contributed by atoms with Crippen molar-refractivity contribution in [2.24, 2.45) is 0 Å². The molecule has 0 spiro atoms. The monoisotopic (exact) mass is 492 g/mol. The molecule has 0 N–H and O–H groups in total. The number of allylic oxidation sites excluding steroid dienone is 2. The minimum absolute atomic E-state index is 0.644. The minimum Gasteiger partial charge on any atom is -0.382 e. The van der Waals surface area contributed by atoms with E-state index in [-0.39, 0.29) is 0 Å². The van der Waals surface area contributed by atoms with Crippen molar-refractivity contribution in [3.8, 4) is 0 Å². The molecule has 0 aliphatic rings. The van der Waals surface area contributed by atoms with Crippen molar-refractivity contribution in [3.05, 3.63) is 82.9 Å². The van der Waals surface area contributed by atoms with Crippen LogP contribution in [0.5, 0.6) is 0 Å². The maximum atomic E-state index is 6.14. The highest BCUT2D eigenvalue weighted by Gasteiger charge is 2.02. The average Bonchev–Trinajstić information content (AvgIpc) is 2.90. The summed E-state index contributed by atoms with van der Waals surface area (Å²) in [5.41, 5.74) is 5.07. The lowest BCUT2D eigenvalue weighted by atomic mass is 10.1. The Bertz CT molecular complexity index is 754. The highest BCUT2D eigenvalue weighted by Crippen LogP contribution is 2.17. The fourth-order valence-electron chi connectivity index (χ4n) is 3.93. The van der Waals surface area contributed by atoms with Gasteiger partial charge in [-0.2, -0.15) is 0 Å². The molecule has 0 aliphatic heterocycles. The molecule has 0 fully saturated rings. The van der Waals surface area contributed by atoms with Crippen LogP contribution < -0.4 is 0 Å². The van der Waals surface area contributed by atoms with Crippen LogP contribution in [0.1, 0.15) is 114 Å². The normalized spacial score (nSPS) is 11.2. The van der Waals surface area contributed by atoms with Crippen LogP contribution in [0.25, 0.3) is 12.2 Å². The van der Waals surface area contributed by atoms with Gasteiger partial charge in [0.15, 0.2) is 0 Å². The third-order valence-corrected chi connectivity index (χ3v) is 6.08. The summed E-state index contributed by atoms with van der Waals surface area (Å²) in [5.74, 6) is 0. The zero-order valence-electron chi connectivity index (χ0n) is 23.6. The third-order valence-electron chi connectivity index (χ3n) is 6.08. The molecular formula is C34H52O2. The molecule has 0 amide bonds. The lowest BCUT2D eigenvalue weighted by Gasteiger charge is -2.10. The highest BCUT2D eigenvalue weighted by atomic mass is 16.5. The number of hydrogen-bond acceptors (Lipinski definition) is 2. The molecule has 0 saturated carbocycles. The van der Waals surface area contributed by atoms with E-state index in [0.29, 0.717) is 13.2 Å². The van der Waals surface area contributed by atoms with Crippen molar-refractivity contribution in [2.45, 2.75) is 105 Å². The van der Waals surface area contributed by atoms with Gasteiger partial charge in [0.1, 0.15) is 0 Å². The Labute approximate surface area is 222 Å². The number of ether oxygens (including phenoxy) is 2. The number of benzene rings is 2. The van der Waals surface area contributed by atoms with Gasteiger partial charge in [-0.15, -0.1) is 0 Å². The van der Waals surface area contributed by atoms with Crippen molar-refractivity contribution < 1.29 is 9.47 Å². The summed E-state index contributed by atoms with van der Waals surface area (Å²) < 4.78 is 11.0. The molecule has 200 valence electrons. The van der Waals surface area contributed by atoms with Gasteiger partial charge in [-0.3, -0.25) is 0 Å². The molecule has 0 saturated heterocycles. The van der Waals surface area contributed by atoms with Crippen molar-refractivity contribution in [2.75, 3.05) is 13.2 Å². The molecule has 36 heavy (non-hydrogen) atoms. The van der Waals surface area contributed by atoms with E-state index in [4.69, 9.17) is 9.47 Å². The largest absolute Gasteiger partial charge is 0.382 e. The topological polar surface area (TPSA) is 18.5 Å². The van der Waals surface area contributed by atoms with E-state index in [1.54, 1.807) is 0 Å². The Morgan fingerprint density at radius 2 is 0.972 bits per heavy atom. The molecule has 0 radical (unpaired) electrons. The average molecular weight is 493 g/mol. The summed E-state index contributed by atoms with van der Waals surface area (Å²) in [4.78, 5) is 0. The summed E-state index contributed by atoms with van der Waals surface area (Å²) in [6.07, 6.45) is 22.0. The van der Waals surface area contributed by atoms with Gasteiger partial charge >= 0.3 is 0 Å². The maximum Gasteiger partial charge on any atom is 0.0727 e. The van der Waals surface area contributed by atoms with Crippen molar-refractivity contribution in [1.82, 2.24) is 0 Å². The van der Waals surface area contributed by atoms with Crippen molar-refractivity contribution in [3.63, 3.8) is 0 Å². The predicted molar refractivity (Wildman–Crippen MR) is 159 cm³/mol. The predicted octanol–water partition coefficient (Wildman–Crippen LogP) is 10.4. The van der Waals surface area contributed by atoms with E-state index in [1.807, 2.05) is 13.8 Å². The summed E-state index contributed by atoms with van der Waals surface area (Å²) >= 11 is 0. The number of hydrogen-bond donors (Lipinski definition) is 0. The molecule has 0 atom stereocenters. The van der Waals surface area contributed by atoms with E-state index in [1.165, 1.54) is 73.6 Å². The van der Waals surface area contributed by atoms with Gasteiger partial charge in [0, 0.05) is 13.2 Å². The molecule has 2 heteroatoms. The van der Waals surface area contributed by atoms with Crippen LogP contribution in [-0.2, 0) is 22.7 Å². The van der Waals surface area contributed by atoms with Crippen LogP contribution in [-0.4, -0.2) is 13.2 Å². The molecule has 0 heterocycles. The molecule has 0 unspecified atom stereocenters. The summed E-state index contributed by atoms with van der Waals surface area (Å²) in [7, 11) is 0. The molecule has 2 nitrogen and oxygen atoms in total. The summed E-state index contributed by atoms with van der Waals surface area (Å²) in [6.45, 7) is 11.5. The van der Waals surface area contributed by atoms with Gasteiger partial charge in [0.2, 0.25) is 0 Å². The van der Waals surface area contributed by atoms with Crippen LogP contribution in [0.15, 0.2) is 60.7 Å². The smallest absolute Gasteiger partial charge is 0.0727 e. The standard InChI is InChI=1S/C30H42O.C4H10O/c1-3-5-7-9-11-13-19-27-21-15-17-23-29(27)25-31-26-30-24-18-16-22-28(30)20-14-12-10-8-6-4-2;1-3-5-4-2/h13-24H,3-12,25-26H2,1-2H3;3-4H2,1-2H3/b19-13+,20-14+;. The van der Waals surface area contributed by atoms with Gasteiger partial charge in [-0.25, -0.2) is 0 Å². The molecule has 0 aromatic heterocycles. The second-order valence-electron chi connectivity index (χ2n) is 9.18. The summed E-state index contributed by atoms with van der Waals surface area (Å²) in [6, 6.07) is 17.2. The quantitative estimate of drug-likeness (QED) is 0.193. The molecule has 2 rings (SSSR count). The fourth-order valence-corrected chi connectivity index (χ4v) is 3.93. The Morgan fingerprint density at radius 3 is 1.36 bits per heavy atom. The van der Waals surface area contributed by atoms with Crippen LogP contribution in [0.2, 0.25) is 0 Å². The summed E-state index contributed by atoms with van der Waals surface area (Å²) in [5, 5.41) is 0. The molecule has 0 bridgehead atoms.